The van der Waals surface area contributed by atoms with Crippen LogP contribution in [0.4, 0.5) is 45.2 Å². The van der Waals surface area contributed by atoms with Crippen LogP contribution in [0, 0.1) is 0 Å². The predicted molar refractivity (Wildman–Crippen MR) is 67.6 cm³/mol. The maximum Gasteiger partial charge on any atom is 0.460 e. The van der Waals surface area contributed by atoms with Crippen LogP contribution in [0.5, 0.6) is 0 Å². The van der Waals surface area contributed by atoms with Crippen LogP contribution >= 0.6 is 15.9 Å². The van der Waals surface area contributed by atoms with Crippen LogP contribution in [0.15, 0.2) is 28.7 Å². The Morgan fingerprint density at radius 1 is 0.792 bits per heavy atom. The van der Waals surface area contributed by atoms with E-state index in [0.29, 0.717) is 4.47 Å². The smallest absolute Gasteiger partial charge is 0.278 e. The van der Waals surface area contributed by atoms with Crippen molar-refractivity contribution in [1.29, 1.82) is 0 Å². The molecule has 0 aliphatic rings. The monoisotopic (exact) mass is 453 g/mol. The van der Waals surface area contributed by atoms with E-state index in [-0.39, 0.29) is 0 Å². The first-order chi connectivity index (χ1) is 10.5. The van der Waals surface area contributed by atoms with Gasteiger partial charge in [-0.05, 0) is 24.3 Å². The van der Waals surface area contributed by atoms with E-state index in [0.717, 1.165) is 29.0 Å². The summed E-state index contributed by atoms with van der Waals surface area (Å²) in [5.74, 6) is -14.6. The van der Waals surface area contributed by atoms with E-state index in [1.165, 1.54) is 0 Å². The van der Waals surface area contributed by atoms with Gasteiger partial charge in [-0.3, -0.25) is 4.72 Å². The van der Waals surface area contributed by atoms with Gasteiger partial charge in [0.2, 0.25) is 0 Å². The number of halogens is 10. The van der Waals surface area contributed by atoms with Crippen molar-refractivity contribution in [3.8, 4) is 0 Å². The van der Waals surface area contributed by atoms with Gasteiger partial charge in [-0.25, -0.2) is 0 Å². The molecule has 14 heteroatoms. The van der Waals surface area contributed by atoms with E-state index < -0.39 is 39.0 Å². The van der Waals surface area contributed by atoms with Crippen molar-refractivity contribution >= 4 is 31.6 Å². The van der Waals surface area contributed by atoms with E-state index in [4.69, 9.17) is 0 Å². The minimum atomic E-state index is -7.29. The molecule has 138 valence electrons. The van der Waals surface area contributed by atoms with Gasteiger partial charge in [-0.2, -0.15) is 47.9 Å². The van der Waals surface area contributed by atoms with E-state index in [9.17, 15) is 47.9 Å². The van der Waals surface area contributed by atoms with Crippen LogP contribution in [-0.4, -0.2) is 31.7 Å². The van der Waals surface area contributed by atoms with Gasteiger partial charge < -0.3 is 0 Å². The Morgan fingerprint density at radius 3 is 1.58 bits per heavy atom. The minimum absolute atomic E-state index is 0.311. The Bertz CT molecular complexity index is 700. The lowest BCUT2D eigenvalue weighted by Crippen LogP contribution is -2.64. The fourth-order valence-electron chi connectivity index (χ4n) is 1.27. The summed E-state index contributed by atoms with van der Waals surface area (Å²) in [6.45, 7) is 0. The van der Waals surface area contributed by atoms with Crippen LogP contribution in [-0.2, 0) is 10.0 Å². The van der Waals surface area contributed by atoms with Crippen molar-refractivity contribution in [2.24, 2.45) is 0 Å². The third-order valence-corrected chi connectivity index (χ3v) is 4.51. The normalized spacial score (nSPS) is 14.6. The van der Waals surface area contributed by atoms with Crippen molar-refractivity contribution in [3.63, 3.8) is 0 Å². The number of rotatable bonds is 5. The first kappa shape index (κ1) is 20.9. The highest BCUT2D eigenvalue weighted by Crippen LogP contribution is 2.54. The van der Waals surface area contributed by atoms with Crippen LogP contribution in [0.1, 0.15) is 0 Å². The van der Waals surface area contributed by atoms with Gasteiger partial charge >= 0.3 is 33.3 Å². The van der Waals surface area contributed by atoms with Gasteiger partial charge in [0.25, 0.3) is 0 Å². The zero-order valence-electron chi connectivity index (χ0n) is 10.8. The predicted octanol–water partition coefficient (Wildman–Crippen LogP) is 4.62. The standard InChI is InChI=1S/C10H5BrF9NO2S/c11-5-1-3-6(4-2-5)21-24(22,23)10(19,20)8(14,15)7(12,13)9(16,17)18/h1-4,21H. The molecular weight excluding hydrogens is 449 g/mol. The maximum absolute atomic E-state index is 13.4. The summed E-state index contributed by atoms with van der Waals surface area (Å²) < 4.78 is 138. The molecule has 0 atom stereocenters. The third kappa shape index (κ3) is 3.30. The van der Waals surface area contributed by atoms with Gasteiger partial charge in [-0.15, -0.1) is 0 Å². The summed E-state index contributed by atoms with van der Waals surface area (Å²) in [7, 11) is -6.66. The lowest BCUT2D eigenvalue weighted by atomic mass is 10.1. The Kier molecular flexibility index (Phi) is 5.19. The number of alkyl halides is 9. The average Bonchev–Trinajstić information content (AvgIpc) is 2.39. The molecule has 0 saturated heterocycles. The van der Waals surface area contributed by atoms with Gasteiger partial charge in [-0.1, -0.05) is 15.9 Å². The summed E-state index contributed by atoms with van der Waals surface area (Å²) in [4.78, 5) is 0. The Balaban J connectivity index is 3.32. The summed E-state index contributed by atoms with van der Waals surface area (Å²) in [6.07, 6.45) is -7.10. The topological polar surface area (TPSA) is 46.2 Å². The second-order valence-electron chi connectivity index (χ2n) is 4.28. The van der Waals surface area contributed by atoms with Crippen LogP contribution in [0.3, 0.4) is 0 Å². The minimum Gasteiger partial charge on any atom is -0.278 e. The zero-order valence-corrected chi connectivity index (χ0v) is 13.2. The summed E-state index contributed by atoms with van der Waals surface area (Å²) in [5, 5.41) is -6.77. The lowest BCUT2D eigenvalue weighted by molar-refractivity contribution is -0.382. The Labute approximate surface area is 137 Å². The number of sulfonamides is 1. The second-order valence-corrected chi connectivity index (χ2v) is 6.92. The molecule has 1 rings (SSSR count). The highest BCUT2D eigenvalue weighted by molar-refractivity contribution is 9.10. The van der Waals surface area contributed by atoms with Gasteiger partial charge in [0, 0.05) is 10.2 Å². The second kappa shape index (κ2) is 5.97. The molecule has 0 bridgehead atoms. The van der Waals surface area contributed by atoms with E-state index >= 15 is 0 Å². The van der Waals surface area contributed by atoms with Crippen molar-refractivity contribution in [1.82, 2.24) is 0 Å². The quantitative estimate of drug-likeness (QED) is 0.661. The molecule has 0 aliphatic carbocycles. The molecule has 1 aromatic carbocycles. The molecule has 0 aliphatic heterocycles. The first-order valence-electron chi connectivity index (χ1n) is 5.45. The number of anilines is 1. The fourth-order valence-corrected chi connectivity index (χ4v) is 2.57. The zero-order chi connectivity index (χ0) is 19.2. The fraction of sp³-hybridized carbons (Fsp3) is 0.400. The number of benzene rings is 1. The van der Waals surface area contributed by atoms with E-state index in [1.54, 1.807) is 0 Å². The molecule has 0 heterocycles. The average molecular weight is 454 g/mol. The molecule has 0 aromatic heterocycles. The first-order valence-corrected chi connectivity index (χ1v) is 7.73. The molecular formula is C10H5BrF9NO2S. The van der Waals surface area contributed by atoms with Crippen LogP contribution in [0.2, 0.25) is 0 Å². The summed E-state index contributed by atoms with van der Waals surface area (Å²) in [5.41, 5.74) is -0.760. The third-order valence-electron chi connectivity index (χ3n) is 2.55. The van der Waals surface area contributed by atoms with Crippen molar-refractivity contribution in [3.05, 3.63) is 28.7 Å². The highest BCUT2D eigenvalue weighted by atomic mass is 79.9. The van der Waals surface area contributed by atoms with Crippen LogP contribution in [0.25, 0.3) is 0 Å². The molecule has 0 amide bonds. The van der Waals surface area contributed by atoms with E-state index in [1.807, 2.05) is 0 Å². The van der Waals surface area contributed by atoms with Crippen molar-refractivity contribution in [2.75, 3.05) is 4.72 Å². The molecule has 24 heavy (non-hydrogen) atoms. The molecule has 1 aromatic rings. The van der Waals surface area contributed by atoms with Gasteiger partial charge in [0.05, 0.1) is 0 Å². The molecule has 0 fully saturated rings. The van der Waals surface area contributed by atoms with Crippen LogP contribution < -0.4 is 4.72 Å². The molecule has 0 radical (unpaired) electrons. The molecule has 0 spiro atoms. The Hall–Kier alpha value is -1.18. The largest absolute Gasteiger partial charge is 0.460 e. The molecule has 0 unspecified atom stereocenters. The SMILES string of the molecule is O=S(=O)(Nc1ccc(Br)cc1)C(F)(F)C(F)(F)C(F)(F)C(F)(F)F. The molecule has 0 saturated carbocycles. The Morgan fingerprint density at radius 2 is 1.21 bits per heavy atom. The summed E-state index contributed by atoms with van der Waals surface area (Å²) in [6, 6.07) is 3.69. The van der Waals surface area contributed by atoms with Crippen molar-refractivity contribution in [2.45, 2.75) is 23.3 Å². The number of hydrogen-bond acceptors (Lipinski definition) is 2. The maximum atomic E-state index is 13.4. The molecule has 1 N–H and O–H groups in total. The molecule has 3 nitrogen and oxygen atoms in total. The summed E-state index contributed by atoms with van der Waals surface area (Å²) >= 11 is 2.87. The van der Waals surface area contributed by atoms with Gasteiger partial charge in [0.1, 0.15) is 0 Å². The van der Waals surface area contributed by atoms with Gasteiger partial charge in [0.15, 0.2) is 0 Å². The van der Waals surface area contributed by atoms with E-state index in [2.05, 4.69) is 15.9 Å². The number of hydrogen-bond donors (Lipinski definition) is 1. The van der Waals surface area contributed by atoms with Crippen molar-refractivity contribution < 1.29 is 47.9 Å². The highest BCUT2D eigenvalue weighted by Gasteiger charge is 2.85. The lowest BCUT2D eigenvalue weighted by Gasteiger charge is -2.33. The number of nitrogens with one attached hydrogen (secondary N) is 1.